The number of hydrogen-bond donors (Lipinski definition) is 3. The molecule has 0 radical (unpaired) electrons. The van der Waals surface area contributed by atoms with E-state index in [-0.39, 0.29) is 45.9 Å². The van der Waals surface area contributed by atoms with Crippen LogP contribution in [0.4, 0.5) is 0 Å². The van der Waals surface area contributed by atoms with Crippen LogP contribution in [-0.4, -0.2) is 103 Å². The van der Waals surface area contributed by atoms with E-state index in [0.29, 0.717) is 0 Å². The first kappa shape index (κ1) is 24.2. The lowest BCUT2D eigenvalue weighted by molar-refractivity contribution is -0.180. The van der Waals surface area contributed by atoms with E-state index in [9.17, 15) is 24.0 Å². The molecule has 2 atom stereocenters. The number of hydrogen-bond acceptors (Lipinski definition) is 10. The van der Waals surface area contributed by atoms with Crippen LogP contribution in [-0.2, 0) is 42.9 Å². The van der Waals surface area contributed by atoms with Crippen LogP contribution in [0.15, 0.2) is 0 Å². The molecule has 2 unspecified atom stereocenters. The van der Waals surface area contributed by atoms with Crippen LogP contribution < -0.4 is 0 Å². The highest BCUT2D eigenvalue weighted by atomic mass is 16.7. The second-order valence-corrected chi connectivity index (χ2v) is 4.93. The fourth-order valence-corrected chi connectivity index (χ4v) is 1.78. The number of carbonyl (C=O) groups excluding carboxylic acids is 2. The minimum atomic E-state index is -1.56. The lowest BCUT2D eigenvalue weighted by atomic mass is 10.2. The number of carboxylic acid groups (broad SMARTS) is 3. The zero-order valence-electron chi connectivity index (χ0n) is 14.2. The van der Waals surface area contributed by atoms with Crippen LogP contribution in [0.25, 0.3) is 0 Å². The van der Waals surface area contributed by atoms with Crippen molar-refractivity contribution in [3.63, 3.8) is 0 Å². The average molecular weight is 395 g/mol. The third-order valence-corrected chi connectivity index (χ3v) is 2.94. The average Bonchev–Trinajstić information content (AvgIpc) is 2.57. The predicted molar refractivity (Wildman–Crippen MR) is 82.6 cm³/mol. The van der Waals surface area contributed by atoms with E-state index in [4.69, 9.17) is 24.8 Å². The SMILES string of the molecule is O=COCC(OC=O)OCCN(CCOC(CC(=O)O)C(=O)O)CC(=O)O. The number of nitrogens with zero attached hydrogens (tertiary/aromatic N) is 1. The monoisotopic (exact) mass is 395 g/mol. The summed E-state index contributed by atoms with van der Waals surface area (Å²) in [5.74, 6) is -3.97. The van der Waals surface area contributed by atoms with Gasteiger partial charge in [0, 0.05) is 13.1 Å². The fourth-order valence-electron chi connectivity index (χ4n) is 1.78. The fraction of sp³-hybridized carbons (Fsp3) is 0.643. The van der Waals surface area contributed by atoms with Crippen LogP contribution in [0.1, 0.15) is 6.42 Å². The Kier molecular flexibility index (Phi) is 12.9. The largest absolute Gasteiger partial charge is 0.481 e. The van der Waals surface area contributed by atoms with Gasteiger partial charge in [0.2, 0.25) is 6.29 Å². The van der Waals surface area contributed by atoms with Gasteiger partial charge in [0.1, 0.15) is 0 Å². The summed E-state index contributed by atoms with van der Waals surface area (Å²) >= 11 is 0. The maximum absolute atomic E-state index is 10.9. The van der Waals surface area contributed by atoms with Gasteiger partial charge in [-0.15, -0.1) is 0 Å². The third kappa shape index (κ3) is 13.1. The van der Waals surface area contributed by atoms with Crippen LogP contribution in [0.3, 0.4) is 0 Å². The van der Waals surface area contributed by atoms with E-state index in [1.807, 2.05) is 0 Å². The van der Waals surface area contributed by atoms with Crippen LogP contribution in [0.2, 0.25) is 0 Å². The lowest BCUT2D eigenvalue weighted by Crippen LogP contribution is -2.38. The highest BCUT2D eigenvalue weighted by molar-refractivity contribution is 5.79. The molecule has 0 aromatic rings. The number of ether oxygens (including phenoxy) is 4. The van der Waals surface area contributed by atoms with Crippen molar-refractivity contribution in [2.24, 2.45) is 0 Å². The highest BCUT2D eigenvalue weighted by Gasteiger charge is 2.22. The Morgan fingerprint density at radius 3 is 2.04 bits per heavy atom. The van der Waals surface area contributed by atoms with E-state index in [1.165, 1.54) is 4.90 Å². The second kappa shape index (κ2) is 14.4. The standard InChI is InChI=1S/C14H21NO12/c16-8-24-7-13(27-9-17)26-4-2-15(6-12(20)21)1-3-25-10(14(22)23)5-11(18)19/h8-10,13H,1-7H2,(H,18,19)(H,20,21)(H,22,23). The Labute approximate surface area is 153 Å². The highest BCUT2D eigenvalue weighted by Crippen LogP contribution is 2.01. The molecule has 0 amide bonds. The van der Waals surface area contributed by atoms with Crippen molar-refractivity contribution in [2.75, 3.05) is 39.5 Å². The lowest BCUT2D eigenvalue weighted by Gasteiger charge is -2.22. The summed E-state index contributed by atoms with van der Waals surface area (Å²) in [7, 11) is 0. The van der Waals surface area contributed by atoms with E-state index in [1.54, 1.807) is 0 Å². The van der Waals surface area contributed by atoms with Crippen molar-refractivity contribution in [1.82, 2.24) is 4.90 Å². The second-order valence-electron chi connectivity index (χ2n) is 4.93. The van der Waals surface area contributed by atoms with Crippen LogP contribution in [0.5, 0.6) is 0 Å². The maximum atomic E-state index is 10.9. The predicted octanol–water partition coefficient (Wildman–Crippen LogP) is -1.99. The molecule has 0 aromatic heterocycles. The van der Waals surface area contributed by atoms with Gasteiger partial charge in [-0.2, -0.15) is 0 Å². The first-order chi connectivity index (χ1) is 12.8. The van der Waals surface area contributed by atoms with Crippen molar-refractivity contribution in [1.29, 1.82) is 0 Å². The molecule has 0 bridgehead atoms. The van der Waals surface area contributed by atoms with Crippen molar-refractivity contribution in [3.05, 3.63) is 0 Å². The minimum absolute atomic E-state index is 0.0247. The molecule has 3 N–H and O–H groups in total. The van der Waals surface area contributed by atoms with Crippen LogP contribution in [0, 0.1) is 0 Å². The molecule has 0 heterocycles. The first-order valence-electron chi connectivity index (χ1n) is 7.56. The molecule has 0 spiro atoms. The molecule has 0 aliphatic carbocycles. The summed E-state index contributed by atoms with van der Waals surface area (Å²) in [6.45, 7) is -0.876. The molecule has 0 aromatic carbocycles. The molecule has 0 fully saturated rings. The van der Waals surface area contributed by atoms with Crippen LogP contribution >= 0.6 is 0 Å². The molecular formula is C14H21NO12. The van der Waals surface area contributed by atoms with E-state index < -0.39 is 43.3 Å². The molecule has 27 heavy (non-hydrogen) atoms. The zero-order valence-corrected chi connectivity index (χ0v) is 14.2. The van der Waals surface area contributed by atoms with Gasteiger partial charge in [0.15, 0.2) is 12.7 Å². The van der Waals surface area contributed by atoms with Gasteiger partial charge in [-0.05, 0) is 0 Å². The normalized spacial score (nSPS) is 12.8. The van der Waals surface area contributed by atoms with Crippen molar-refractivity contribution >= 4 is 30.9 Å². The molecule has 0 rings (SSSR count). The summed E-state index contributed by atoms with van der Waals surface area (Å²) in [6, 6.07) is 0. The van der Waals surface area contributed by atoms with Crippen molar-refractivity contribution in [2.45, 2.75) is 18.8 Å². The third-order valence-electron chi connectivity index (χ3n) is 2.94. The van der Waals surface area contributed by atoms with Gasteiger partial charge >= 0.3 is 17.9 Å². The van der Waals surface area contributed by atoms with Gasteiger partial charge in [-0.1, -0.05) is 0 Å². The molecule has 13 nitrogen and oxygen atoms in total. The zero-order chi connectivity index (χ0) is 20.7. The Balaban J connectivity index is 4.46. The van der Waals surface area contributed by atoms with Gasteiger partial charge in [-0.3, -0.25) is 24.1 Å². The summed E-state index contributed by atoms with van der Waals surface area (Å²) in [4.78, 5) is 54.1. The Morgan fingerprint density at radius 2 is 1.56 bits per heavy atom. The maximum Gasteiger partial charge on any atom is 0.333 e. The van der Waals surface area contributed by atoms with Gasteiger partial charge in [0.25, 0.3) is 12.9 Å². The smallest absolute Gasteiger partial charge is 0.333 e. The number of carboxylic acids is 3. The van der Waals surface area contributed by atoms with E-state index in [0.717, 1.165) is 0 Å². The van der Waals surface area contributed by atoms with Gasteiger partial charge in [-0.25, -0.2) is 4.79 Å². The Hall–Kier alpha value is -2.77. The first-order valence-corrected chi connectivity index (χ1v) is 7.56. The molecular weight excluding hydrogens is 374 g/mol. The van der Waals surface area contributed by atoms with Crippen molar-refractivity contribution in [3.8, 4) is 0 Å². The van der Waals surface area contributed by atoms with E-state index in [2.05, 4.69) is 9.47 Å². The molecule has 0 saturated carbocycles. The Bertz CT molecular complexity index is 496. The number of rotatable bonds is 18. The summed E-state index contributed by atoms with van der Waals surface area (Å²) in [5, 5.41) is 26.4. The molecule has 0 aliphatic rings. The quantitative estimate of drug-likeness (QED) is 0.171. The summed E-state index contributed by atoms with van der Waals surface area (Å²) < 4.78 is 19.0. The number of carbonyl (C=O) groups is 5. The van der Waals surface area contributed by atoms with Gasteiger partial charge in [0.05, 0.1) is 26.2 Å². The Morgan fingerprint density at radius 1 is 0.926 bits per heavy atom. The summed E-state index contributed by atoms with van der Waals surface area (Å²) in [5.41, 5.74) is 0. The minimum Gasteiger partial charge on any atom is -0.481 e. The van der Waals surface area contributed by atoms with E-state index >= 15 is 0 Å². The van der Waals surface area contributed by atoms with Gasteiger partial charge < -0.3 is 34.3 Å². The molecule has 13 heteroatoms. The molecule has 0 aliphatic heterocycles. The molecule has 0 saturated heterocycles. The summed E-state index contributed by atoms with van der Waals surface area (Å²) in [6.07, 6.45) is -3.46. The van der Waals surface area contributed by atoms with Crippen molar-refractivity contribution < 1.29 is 58.2 Å². The topological polar surface area (TPSA) is 186 Å². The molecule has 154 valence electrons. The number of aliphatic carboxylic acids is 3.